The van der Waals surface area contributed by atoms with Gasteiger partial charge in [-0.1, -0.05) is 0 Å². The summed E-state index contributed by atoms with van der Waals surface area (Å²) in [6, 6.07) is 5.56. The number of aliphatic hydroxyl groups excluding tert-OH is 1. The predicted molar refractivity (Wildman–Crippen MR) is 70.0 cm³/mol. The van der Waals surface area contributed by atoms with Gasteiger partial charge in [-0.3, -0.25) is 4.79 Å². The lowest BCUT2D eigenvalue weighted by Gasteiger charge is -2.28. The second-order valence-corrected chi connectivity index (χ2v) is 5.03. The fourth-order valence-electron chi connectivity index (χ4n) is 1.89. The topological polar surface area (TPSA) is 70.6 Å². The molecule has 2 rings (SSSR count). The maximum atomic E-state index is 11.2. The Labute approximate surface area is 106 Å². The van der Waals surface area contributed by atoms with Gasteiger partial charge in [-0.05, 0) is 38.5 Å². The Bertz CT molecular complexity index is 458. The molecule has 1 amide bonds. The molecule has 0 aliphatic carbocycles. The molecule has 98 valence electrons. The average molecular weight is 250 g/mol. The third-order valence-corrected chi connectivity index (χ3v) is 2.83. The molecule has 1 aliphatic heterocycles. The van der Waals surface area contributed by atoms with Gasteiger partial charge in [-0.2, -0.15) is 0 Å². The van der Waals surface area contributed by atoms with Gasteiger partial charge in [0.05, 0.1) is 5.69 Å². The second kappa shape index (κ2) is 4.86. The summed E-state index contributed by atoms with van der Waals surface area (Å²) in [5.41, 5.74) is 1.36. The molecule has 0 saturated heterocycles. The first kappa shape index (κ1) is 12.7. The van der Waals surface area contributed by atoms with E-state index in [1.54, 1.807) is 0 Å². The molecule has 0 radical (unpaired) electrons. The van der Waals surface area contributed by atoms with Crippen LogP contribution < -0.4 is 15.4 Å². The molecular formula is C13H18N2O3. The summed E-state index contributed by atoms with van der Waals surface area (Å²) >= 11 is 0. The van der Waals surface area contributed by atoms with Crippen LogP contribution in [0, 0.1) is 0 Å². The van der Waals surface area contributed by atoms with Crippen molar-refractivity contribution >= 4 is 17.3 Å². The van der Waals surface area contributed by atoms with Crippen LogP contribution in [0.3, 0.4) is 0 Å². The minimum Gasteiger partial charge on any atom is -0.482 e. The molecule has 1 aliphatic rings. The molecule has 0 atom stereocenters. The third-order valence-electron chi connectivity index (χ3n) is 2.83. The van der Waals surface area contributed by atoms with E-state index in [2.05, 4.69) is 10.6 Å². The van der Waals surface area contributed by atoms with Crippen LogP contribution in [0.4, 0.5) is 11.4 Å². The number of anilines is 2. The van der Waals surface area contributed by atoms with Crippen molar-refractivity contribution in [3.05, 3.63) is 18.2 Å². The summed E-state index contributed by atoms with van der Waals surface area (Å²) < 4.78 is 5.29. The van der Waals surface area contributed by atoms with Gasteiger partial charge >= 0.3 is 0 Å². The molecule has 0 aromatic heterocycles. The Morgan fingerprint density at radius 1 is 1.50 bits per heavy atom. The lowest BCUT2D eigenvalue weighted by Crippen LogP contribution is -2.32. The minimum absolute atomic E-state index is 0.0653. The maximum Gasteiger partial charge on any atom is 0.262 e. The average Bonchev–Trinajstić information content (AvgIpc) is 2.27. The fourth-order valence-corrected chi connectivity index (χ4v) is 1.89. The van der Waals surface area contributed by atoms with Crippen molar-refractivity contribution < 1.29 is 14.6 Å². The van der Waals surface area contributed by atoms with E-state index in [-0.39, 0.29) is 24.7 Å². The normalized spacial score (nSPS) is 14.5. The lowest BCUT2D eigenvalue weighted by molar-refractivity contribution is -0.118. The Morgan fingerprint density at radius 3 is 3.00 bits per heavy atom. The van der Waals surface area contributed by atoms with Crippen LogP contribution in [0.25, 0.3) is 0 Å². The summed E-state index contributed by atoms with van der Waals surface area (Å²) in [6.07, 6.45) is 0.646. The van der Waals surface area contributed by atoms with E-state index in [1.807, 2.05) is 32.0 Å². The second-order valence-electron chi connectivity index (χ2n) is 5.03. The molecule has 0 saturated carbocycles. The Hall–Kier alpha value is -1.75. The quantitative estimate of drug-likeness (QED) is 0.759. The summed E-state index contributed by atoms with van der Waals surface area (Å²) in [7, 11) is 0. The molecule has 5 nitrogen and oxygen atoms in total. The maximum absolute atomic E-state index is 11.2. The first-order chi connectivity index (χ1) is 8.50. The van der Waals surface area contributed by atoms with E-state index in [0.717, 1.165) is 5.69 Å². The molecule has 0 fully saturated rings. The van der Waals surface area contributed by atoms with Crippen molar-refractivity contribution in [2.75, 3.05) is 23.8 Å². The molecule has 5 heteroatoms. The number of aliphatic hydroxyl groups is 1. The number of ether oxygens (including phenoxy) is 1. The summed E-state index contributed by atoms with van der Waals surface area (Å²) in [4.78, 5) is 11.2. The Morgan fingerprint density at radius 2 is 2.28 bits per heavy atom. The third kappa shape index (κ3) is 2.92. The van der Waals surface area contributed by atoms with Gasteiger partial charge in [0.25, 0.3) is 5.91 Å². The molecule has 0 unspecified atom stereocenters. The smallest absolute Gasteiger partial charge is 0.262 e. The molecule has 18 heavy (non-hydrogen) atoms. The van der Waals surface area contributed by atoms with E-state index < -0.39 is 0 Å². The highest BCUT2D eigenvalue weighted by Crippen LogP contribution is 2.31. The number of carbonyl (C=O) groups is 1. The number of hydrogen-bond donors (Lipinski definition) is 3. The first-order valence-corrected chi connectivity index (χ1v) is 5.96. The van der Waals surface area contributed by atoms with Crippen LogP contribution in [-0.2, 0) is 4.79 Å². The number of carbonyl (C=O) groups excluding carboxylic acids is 1. The van der Waals surface area contributed by atoms with E-state index >= 15 is 0 Å². The molecule has 3 N–H and O–H groups in total. The zero-order chi connectivity index (χ0) is 13.2. The number of nitrogens with one attached hydrogen (secondary N) is 2. The van der Waals surface area contributed by atoms with E-state index in [9.17, 15) is 4.79 Å². The highest BCUT2D eigenvalue weighted by Gasteiger charge is 2.19. The van der Waals surface area contributed by atoms with E-state index in [4.69, 9.17) is 9.84 Å². The number of amides is 1. The van der Waals surface area contributed by atoms with Gasteiger partial charge in [0.2, 0.25) is 0 Å². The van der Waals surface area contributed by atoms with Crippen LogP contribution in [0.5, 0.6) is 5.75 Å². The zero-order valence-electron chi connectivity index (χ0n) is 10.6. The molecular weight excluding hydrogens is 232 g/mol. The van der Waals surface area contributed by atoms with Crippen LogP contribution in [-0.4, -0.2) is 29.8 Å². The lowest BCUT2D eigenvalue weighted by atomic mass is 10.0. The van der Waals surface area contributed by atoms with E-state index in [0.29, 0.717) is 17.9 Å². The fraction of sp³-hybridized carbons (Fsp3) is 0.462. The Balaban J connectivity index is 2.16. The minimum atomic E-state index is -0.206. The van der Waals surface area contributed by atoms with Gasteiger partial charge in [0.1, 0.15) is 5.75 Å². The number of benzene rings is 1. The van der Waals surface area contributed by atoms with Gasteiger partial charge < -0.3 is 20.5 Å². The summed E-state index contributed by atoms with van der Waals surface area (Å²) in [5.74, 6) is 0.536. The van der Waals surface area contributed by atoms with Crippen molar-refractivity contribution in [1.29, 1.82) is 0 Å². The van der Waals surface area contributed by atoms with Crippen molar-refractivity contribution in [2.24, 2.45) is 0 Å². The largest absolute Gasteiger partial charge is 0.482 e. The monoisotopic (exact) mass is 250 g/mol. The summed E-state index contributed by atoms with van der Waals surface area (Å²) in [5, 5.41) is 15.1. The highest BCUT2D eigenvalue weighted by atomic mass is 16.5. The van der Waals surface area contributed by atoms with Crippen LogP contribution in [0.15, 0.2) is 18.2 Å². The first-order valence-electron chi connectivity index (χ1n) is 5.96. The van der Waals surface area contributed by atoms with Crippen molar-refractivity contribution in [1.82, 2.24) is 0 Å². The van der Waals surface area contributed by atoms with Crippen molar-refractivity contribution in [3.8, 4) is 5.75 Å². The van der Waals surface area contributed by atoms with Gasteiger partial charge in [0, 0.05) is 17.8 Å². The van der Waals surface area contributed by atoms with Crippen molar-refractivity contribution in [3.63, 3.8) is 0 Å². The van der Waals surface area contributed by atoms with Crippen LogP contribution >= 0.6 is 0 Å². The van der Waals surface area contributed by atoms with Crippen LogP contribution in [0.2, 0.25) is 0 Å². The van der Waals surface area contributed by atoms with E-state index in [1.165, 1.54) is 0 Å². The predicted octanol–water partition coefficient (Wildman–Crippen LogP) is 1.59. The highest BCUT2D eigenvalue weighted by molar-refractivity contribution is 5.96. The number of rotatable bonds is 4. The summed E-state index contributed by atoms with van der Waals surface area (Å²) in [6.45, 7) is 4.22. The van der Waals surface area contributed by atoms with Gasteiger partial charge in [0.15, 0.2) is 6.61 Å². The molecule has 1 heterocycles. The molecule has 1 aromatic rings. The number of hydrogen-bond acceptors (Lipinski definition) is 4. The van der Waals surface area contributed by atoms with Crippen LogP contribution in [0.1, 0.15) is 20.3 Å². The molecule has 1 aromatic carbocycles. The van der Waals surface area contributed by atoms with Gasteiger partial charge in [-0.25, -0.2) is 0 Å². The Kier molecular flexibility index (Phi) is 3.43. The van der Waals surface area contributed by atoms with Gasteiger partial charge in [-0.15, -0.1) is 0 Å². The molecule has 0 bridgehead atoms. The SMILES string of the molecule is CC(C)(CCO)Nc1ccc2c(c1)NC(=O)CO2. The molecule has 0 spiro atoms. The van der Waals surface area contributed by atoms with Crippen molar-refractivity contribution in [2.45, 2.75) is 25.8 Å². The number of fused-ring (bicyclic) bond motifs is 1. The standard InChI is InChI=1S/C13H18N2O3/c1-13(2,5-6-16)15-9-3-4-11-10(7-9)14-12(17)8-18-11/h3-4,7,15-16H,5-6,8H2,1-2H3,(H,14,17). The zero-order valence-corrected chi connectivity index (χ0v) is 10.6.